The summed E-state index contributed by atoms with van der Waals surface area (Å²) in [5.41, 5.74) is 6.91. The molecule has 2 heterocycles. The number of rotatable bonds is 11. The lowest BCUT2D eigenvalue weighted by atomic mass is 9.78. The Morgan fingerprint density at radius 2 is 1.66 bits per heavy atom. The second kappa shape index (κ2) is 14.1. The van der Waals surface area contributed by atoms with Crippen molar-refractivity contribution in [1.29, 1.82) is 0 Å². The summed E-state index contributed by atoms with van der Waals surface area (Å²) in [7, 11) is 0. The third-order valence-corrected chi connectivity index (χ3v) is 9.54. The van der Waals surface area contributed by atoms with Gasteiger partial charge in [0.15, 0.2) is 5.82 Å². The van der Waals surface area contributed by atoms with E-state index in [1.54, 1.807) is 0 Å². The minimum Gasteiger partial charge on any atom is -0.490 e. The maximum atomic E-state index is 11.6. The monoisotopic (exact) mass is 634 g/mol. The fourth-order valence-corrected chi connectivity index (χ4v) is 6.88. The molecule has 1 aliphatic carbocycles. The third-order valence-electron chi connectivity index (χ3n) is 9.54. The number of aromatic amines is 1. The lowest BCUT2D eigenvalue weighted by Gasteiger charge is -2.36. The highest BCUT2D eigenvalue weighted by atomic mass is 16.5. The molecule has 8 heteroatoms. The van der Waals surface area contributed by atoms with Gasteiger partial charge in [-0.05, 0) is 105 Å². The summed E-state index contributed by atoms with van der Waals surface area (Å²) < 4.78 is 11.1. The molecule has 1 unspecified atom stereocenters. The van der Waals surface area contributed by atoms with E-state index in [0.717, 1.165) is 79.5 Å². The van der Waals surface area contributed by atoms with Gasteiger partial charge in [0.05, 0.1) is 11.7 Å². The van der Waals surface area contributed by atoms with E-state index in [1.807, 2.05) is 38.1 Å². The normalized spacial score (nSPS) is 20.1. The van der Waals surface area contributed by atoms with Crippen molar-refractivity contribution >= 4 is 11.4 Å². The van der Waals surface area contributed by atoms with Crippen molar-refractivity contribution in [2.24, 2.45) is 10.9 Å². The van der Waals surface area contributed by atoms with E-state index < -0.39 is 11.4 Å². The summed E-state index contributed by atoms with van der Waals surface area (Å²) in [6.07, 6.45) is 10.1. The number of nitrogens with zero attached hydrogens (tertiary/aromatic N) is 3. The molecule has 3 aromatic carbocycles. The van der Waals surface area contributed by atoms with Crippen LogP contribution in [0.1, 0.15) is 78.2 Å². The van der Waals surface area contributed by atoms with Crippen LogP contribution in [0, 0.1) is 5.92 Å². The first kappa shape index (κ1) is 32.5. The standard InChI is InChI=1S/C39H46N4O4/c1-5-9-35-28(24-26-12-14-27(15-13-26)33-10-7-8-11-34(33)37-41-38(44)47-42-37)25-43(36(6-2)40-35)30-18-22-32(23-19-30)46-31-20-16-29(17-21-31)39(3,4)45/h7-8,10-15,18-19,22-23,25,29,31,36,45H,5-6,9,16-17,20-21,24H2,1-4H3,(H,41,42,44). The maximum Gasteiger partial charge on any atom is 0.439 e. The molecule has 0 spiro atoms. The number of nitrogens with one attached hydrogen (secondary N) is 1. The Morgan fingerprint density at radius 1 is 0.957 bits per heavy atom. The Balaban J connectivity index is 1.18. The molecule has 1 fully saturated rings. The summed E-state index contributed by atoms with van der Waals surface area (Å²) in [4.78, 5) is 21.8. The minimum absolute atomic E-state index is 0.0473. The summed E-state index contributed by atoms with van der Waals surface area (Å²) in [5.74, 6) is 1.07. The molecule has 1 aliphatic heterocycles. The first-order valence-electron chi connectivity index (χ1n) is 17.0. The highest BCUT2D eigenvalue weighted by Crippen LogP contribution is 2.35. The molecule has 246 valence electrons. The van der Waals surface area contributed by atoms with Gasteiger partial charge in [-0.3, -0.25) is 14.5 Å². The van der Waals surface area contributed by atoms with Crippen LogP contribution in [0.25, 0.3) is 22.5 Å². The molecule has 1 saturated carbocycles. The van der Waals surface area contributed by atoms with E-state index in [0.29, 0.717) is 11.7 Å². The minimum atomic E-state index is -0.624. The summed E-state index contributed by atoms with van der Waals surface area (Å²) >= 11 is 0. The molecular weight excluding hydrogens is 588 g/mol. The molecule has 6 rings (SSSR count). The quantitative estimate of drug-likeness (QED) is 0.172. The van der Waals surface area contributed by atoms with Gasteiger partial charge in [-0.25, -0.2) is 4.79 Å². The van der Waals surface area contributed by atoms with Gasteiger partial charge in [0.1, 0.15) is 11.9 Å². The zero-order valence-corrected chi connectivity index (χ0v) is 27.9. The van der Waals surface area contributed by atoms with Gasteiger partial charge < -0.3 is 14.7 Å². The smallest absolute Gasteiger partial charge is 0.439 e. The Labute approximate surface area is 277 Å². The van der Waals surface area contributed by atoms with Crippen LogP contribution in [-0.2, 0) is 6.42 Å². The summed E-state index contributed by atoms with van der Waals surface area (Å²) in [5, 5.41) is 14.3. The fraction of sp³-hybridized carbons (Fsp3) is 0.410. The van der Waals surface area contributed by atoms with Crippen LogP contribution in [0.2, 0.25) is 0 Å². The number of hydrogen-bond acceptors (Lipinski definition) is 7. The topological polar surface area (TPSA) is 104 Å². The van der Waals surface area contributed by atoms with E-state index >= 15 is 0 Å². The number of aliphatic imine (C=N–C) groups is 1. The molecule has 2 aliphatic rings. The van der Waals surface area contributed by atoms with Crippen LogP contribution >= 0.6 is 0 Å². The van der Waals surface area contributed by atoms with Crippen molar-refractivity contribution in [2.45, 2.75) is 96.9 Å². The molecule has 4 aromatic rings. The average Bonchev–Trinajstić information content (AvgIpc) is 3.52. The van der Waals surface area contributed by atoms with Crippen LogP contribution < -0.4 is 15.4 Å². The Hall–Kier alpha value is -4.43. The van der Waals surface area contributed by atoms with Crippen molar-refractivity contribution in [3.63, 3.8) is 0 Å². The Bertz CT molecular complexity index is 1750. The average molecular weight is 635 g/mol. The first-order chi connectivity index (χ1) is 22.7. The second-order valence-corrected chi connectivity index (χ2v) is 13.4. The molecule has 0 saturated heterocycles. The van der Waals surface area contributed by atoms with Crippen molar-refractivity contribution < 1.29 is 14.4 Å². The number of H-pyrrole nitrogens is 1. The number of benzene rings is 3. The van der Waals surface area contributed by atoms with E-state index in [2.05, 4.69) is 83.6 Å². The van der Waals surface area contributed by atoms with Gasteiger partial charge in [-0.1, -0.05) is 74.0 Å². The largest absolute Gasteiger partial charge is 0.490 e. The highest BCUT2D eigenvalue weighted by molar-refractivity contribution is 6.02. The highest BCUT2D eigenvalue weighted by Gasteiger charge is 2.32. The molecule has 1 aromatic heterocycles. The maximum absolute atomic E-state index is 11.6. The summed E-state index contributed by atoms with van der Waals surface area (Å²) in [6.45, 7) is 8.23. The lowest BCUT2D eigenvalue weighted by molar-refractivity contribution is -0.0151. The van der Waals surface area contributed by atoms with Gasteiger partial charge in [0.25, 0.3) is 0 Å². The summed E-state index contributed by atoms with van der Waals surface area (Å²) in [6, 6.07) is 24.9. The van der Waals surface area contributed by atoms with Gasteiger partial charge in [-0.15, -0.1) is 0 Å². The van der Waals surface area contributed by atoms with Crippen molar-refractivity contribution in [2.75, 3.05) is 4.90 Å². The number of aliphatic hydroxyl groups is 1. The van der Waals surface area contributed by atoms with E-state index in [1.165, 1.54) is 16.8 Å². The number of allylic oxidation sites excluding steroid dienone is 1. The van der Waals surface area contributed by atoms with Crippen molar-refractivity contribution in [3.8, 4) is 28.3 Å². The van der Waals surface area contributed by atoms with Gasteiger partial charge in [-0.2, -0.15) is 0 Å². The number of hydrogen-bond donors (Lipinski definition) is 2. The van der Waals surface area contributed by atoms with E-state index in [-0.39, 0.29) is 12.3 Å². The molecule has 8 nitrogen and oxygen atoms in total. The molecule has 2 N–H and O–H groups in total. The van der Waals surface area contributed by atoms with Crippen LogP contribution in [0.5, 0.6) is 5.75 Å². The van der Waals surface area contributed by atoms with Crippen molar-refractivity contribution in [1.82, 2.24) is 10.1 Å². The Morgan fingerprint density at radius 3 is 2.28 bits per heavy atom. The fourth-order valence-electron chi connectivity index (χ4n) is 6.88. The van der Waals surface area contributed by atoms with E-state index in [4.69, 9.17) is 14.3 Å². The zero-order chi connectivity index (χ0) is 33.0. The predicted octanol–water partition coefficient (Wildman–Crippen LogP) is 8.33. The molecule has 0 amide bonds. The molecule has 0 radical (unpaired) electrons. The zero-order valence-electron chi connectivity index (χ0n) is 27.9. The number of aromatic nitrogens is 2. The van der Waals surface area contributed by atoms with Crippen LogP contribution in [-0.4, -0.2) is 38.8 Å². The third kappa shape index (κ3) is 7.60. The predicted molar refractivity (Wildman–Crippen MR) is 188 cm³/mol. The molecular formula is C39H46N4O4. The van der Waals surface area contributed by atoms with Crippen LogP contribution in [0.4, 0.5) is 5.69 Å². The molecule has 47 heavy (non-hydrogen) atoms. The molecule has 1 atom stereocenters. The van der Waals surface area contributed by atoms with E-state index in [9.17, 15) is 9.90 Å². The SMILES string of the molecule is CCCC1=NC(CC)N(c2ccc(OC3CCC(C(C)(C)O)CC3)cc2)C=C1Cc1ccc(-c2ccccc2-c2noc(=O)[nH]2)cc1. The number of anilines is 1. The number of ether oxygens (including phenoxy) is 1. The van der Waals surface area contributed by atoms with Gasteiger partial charge in [0.2, 0.25) is 0 Å². The Kier molecular flexibility index (Phi) is 9.78. The van der Waals surface area contributed by atoms with Crippen LogP contribution in [0.3, 0.4) is 0 Å². The van der Waals surface area contributed by atoms with Gasteiger partial charge >= 0.3 is 5.76 Å². The second-order valence-electron chi connectivity index (χ2n) is 13.4. The van der Waals surface area contributed by atoms with Crippen molar-refractivity contribution in [3.05, 3.63) is 101 Å². The lowest BCUT2D eigenvalue weighted by Crippen LogP contribution is -2.36. The molecule has 0 bridgehead atoms. The van der Waals surface area contributed by atoms with Gasteiger partial charge in [0, 0.05) is 29.6 Å². The van der Waals surface area contributed by atoms with Crippen LogP contribution in [0.15, 0.2) is 98.9 Å². The first-order valence-corrected chi connectivity index (χ1v) is 17.0.